The van der Waals surface area contributed by atoms with Gasteiger partial charge in [0.25, 0.3) is 0 Å². The monoisotopic (exact) mass is 592 g/mol. The van der Waals surface area contributed by atoms with Crippen LogP contribution in [0.2, 0.25) is 5.02 Å². The predicted octanol–water partition coefficient (Wildman–Crippen LogP) is 4.90. The van der Waals surface area contributed by atoms with Crippen molar-refractivity contribution < 1.29 is 14.3 Å². The van der Waals surface area contributed by atoms with E-state index in [2.05, 4.69) is 31.0 Å². The Kier molecular flexibility index (Phi) is 6.56. The van der Waals surface area contributed by atoms with Crippen LogP contribution in [-0.2, 0) is 4.74 Å². The van der Waals surface area contributed by atoms with Gasteiger partial charge >= 0.3 is 6.09 Å². The number of hydrogen-bond donors (Lipinski definition) is 1. The number of benzene rings is 1. The number of aromatic nitrogens is 2. The first kappa shape index (κ1) is 25.2. The zero-order valence-electron chi connectivity index (χ0n) is 21.6. The molecule has 1 atom stereocenters. The Morgan fingerprint density at radius 1 is 1.14 bits per heavy atom. The quantitative estimate of drug-likeness (QED) is 0.538. The summed E-state index contributed by atoms with van der Waals surface area (Å²) >= 11 is 10.3. The Bertz CT molecular complexity index is 1210. The maximum atomic E-state index is 12.8. The number of anilines is 2. The zero-order chi connectivity index (χ0) is 25.9. The number of ether oxygens (including phenoxy) is 2. The first-order chi connectivity index (χ1) is 17.7. The van der Waals surface area contributed by atoms with Crippen molar-refractivity contribution in [1.29, 1.82) is 0 Å². The summed E-state index contributed by atoms with van der Waals surface area (Å²) in [6, 6.07) is 3.00. The summed E-state index contributed by atoms with van der Waals surface area (Å²) in [5.74, 6) is 2.02. The molecule has 0 bridgehead atoms. The molecule has 1 N–H and O–H groups in total. The number of amides is 1. The van der Waals surface area contributed by atoms with Crippen LogP contribution in [0.5, 0.6) is 5.75 Å². The van der Waals surface area contributed by atoms with Gasteiger partial charge in [0, 0.05) is 49.3 Å². The molecule has 4 aliphatic rings. The van der Waals surface area contributed by atoms with Gasteiger partial charge in [-0.2, -0.15) is 4.98 Å². The van der Waals surface area contributed by atoms with Crippen LogP contribution in [0.1, 0.15) is 46.5 Å². The molecule has 200 valence electrons. The second kappa shape index (κ2) is 9.61. The molecule has 3 aliphatic heterocycles. The van der Waals surface area contributed by atoms with Crippen molar-refractivity contribution in [1.82, 2.24) is 19.8 Å². The third-order valence-electron chi connectivity index (χ3n) is 7.57. The van der Waals surface area contributed by atoms with Gasteiger partial charge in [-0.3, -0.25) is 0 Å². The standard InChI is InChI=1S/C26H34BrClN6O3/c1-26(2,3)37-25(35)33-10-11-34-17(13-33)14-36-22-20-19(12-18(27)21(22)28)30-24(31-23(20)34)29-15-6-8-32(9-7-15)16-4-5-16/h12,15-17H,4-11,13-14H2,1-3H3,(H,29,30,31)/t17-/m0/s1. The Morgan fingerprint density at radius 3 is 2.59 bits per heavy atom. The molecule has 1 aromatic carbocycles. The molecule has 4 heterocycles. The smallest absolute Gasteiger partial charge is 0.410 e. The molecule has 2 saturated heterocycles. The molecule has 0 radical (unpaired) electrons. The second-order valence-corrected chi connectivity index (χ2v) is 12.8. The topological polar surface area (TPSA) is 83.1 Å². The van der Waals surface area contributed by atoms with Gasteiger partial charge in [0.2, 0.25) is 5.95 Å². The van der Waals surface area contributed by atoms with Crippen LogP contribution in [0, 0.1) is 0 Å². The maximum Gasteiger partial charge on any atom is 0.410 e. The van der Waals surface area contributed by atoms with Crippen LogP contribution < -0.4 is 15.0 Å². The highest BCUT2D eigenvalue weighted by atomic mass is 79.9. The van der Waals surface area contributed by atoms with Gasteiger partial charge in [-0.15, -0.1) is 0 Å². The van der Waals surface area contributed by atoms with Gasteiger partial charge in [-0.25, -0.2) is 9.78 Å². The maximum absolute atomic E-state index is 12.8. The van der Waals surface area contributed by atoms with E-state index in [0.29, 0.717) is 49.0 Å². The van der Waals surface area contributed by atoms with E-state index >= 15 is 0 Å². The highest BCUT2D eigenvalue weighted by molar-refractivity contribution is 9.10. The molecule has 0 spiro atoms. The molecule has 1 amide bonds. The zero-order valence-corrected chi connectivity index (χ0v) is 23.9. The summed E-state index contributed by atoms with van der Waals surface area (Å²) in [6.07, 6.45) is 4.56. The highest BCUT2D eigenvalue weighted by Gasteiger charge is 2.38. The van der Waals surface area contributed by atoms with Crippen LogP contribution in [0.3, 0.4) is 0 Å². The predicted molar refractivity (Wildman–Crippen MR) is 148 cm³/mol. The summed E-state index contributed by atoms with van der Waals surface area (Å²) in [5, 5.41) is 4.95. The number of halogens is 2. The van der Waals surface area contributed by atoms with Gasteiger partial charge in [-0.05, 0) is 68.5 Å². The number of fused-ring (bicyclic) bond motifs is 2. The van der Waals surface area contributed by atoms with Crippen molar-refractivity contribution in [3.05, 3.63) is 15.6 Å². The first-order valence-corrected chi connectivity index (χ1v) is 14.4. The fourth-order valence-electron chi connectivity index (χ4n) is 5.58. The van der Waals surface area contributed by atoms with E-state index in [1.807, 2.05) is 26.8 Å². The summed E-state index contributed by atoms with van der Waals surface area (Å²) in [6.45, 7) is 9.91. The number of nitrogens with one attached hydrogen (secondary N) is 1. The van der Waals surface area contributed by atoms with Gasteiger partial charge in [-0.1, -0.05) is 11.6 Å². The molecular weight excluding hydrogens is 560 g/mol. The average molecular weight is 594 g/mol. The molecule has 9 nitrogen and oxygen atoms in total. The van der Waals surface area contributed by atoms with Gasteiger partial charge in [0.1, 0.15) is 18.0 Å². The lowest BCUT2D eigenvalue weighted by atomic mass is 10.1. The summed E-state index contributed by atoms with van der Waals surface area (Å²) in [7, 11) is 0. The van der Waals surface area contributed by atoms with Gasteiger partial charge < -0.3 is 29.5 Å². The number of carbonyl (C=O) groups is 1. The number of nitrogens with zero attached hydrogens (tertiary/aromatic N) is 5. The van der Waals surface area contributed by atoms with Crippen LogP contribution in [0.25, 0.3) is 10.9 Å². The minimum Gasteiger partial charge on any atom is -0.489 e. The van der Waals surface area contributed by atoms with Crippen molar-refractivity contribution in [2.45, 2.75) is 70.2 Å². The van der Waals surface area contributed by atoms with Crippen LogP contribution in [-0.4, -0.2) is 88.9 Å². The molecule has 1 saturated carbocycles. The number of piperazine rings is 1. The Balaban J connectivity index is 1.29. The van der Waals surface area contributed by atoms with Crippen LogP contribution in [0.15, 0.2) is 10.5 Å². The first-order valence-electron chi connectivity index (χ1n) is 13.2. The SMILES string of the molecule is CC(C)(C)OC(=O)N1CCN2c3nc(NC4CCN(C5CC5)CC4)nc4cc(Br)c(Cl)c(c34)OC[C@@H]2C1. The largest absolute Gasteiger partial charge is 0.489 e. The number of carbonyl (C=O) groups excluding carboxylic acids is 1. The number of piperidine rings is 1. The van der Waals surface area contributed by atoms with Gasteiger partial charge in [0.15, 0.2) is 5.75 Å². The third-order valence-corrected chi connectivity index (χ3v) is 8.80. The molecule has 3 fully saturated rings. The Hall–Kier alpha value is -2.04. The number of hydrogen-bond acceptors (Lipinski definition) is 8. The van der Waals surface area contributed by atoms with Gasteiger partial charge in [0.05, 0.1) is 22.0 Å². The summed E-state index contributed by atoms with van der Waals surface area (Å²) in [4.78, 5) is 29.3. The summed E-state index contributed by atoms with van der Waals surface area (Å²) in [5.41, 5.74) is 0.239. The molecule has 1 aromatic heterocycles. The molecule has 2 aromatic rings. The summed E-state index contributed by atoms with van der Waals surface area (Å²) < 4.78 is 12.6. The van der Waals surface area contributed by atoms with E-state index in [1.165, 1.54) is 12.8 Å². The van der Waals surface area contributed by atoms with E-state index < -0.39 is 5.60 Å². The van der Waals surface area contributed by atoms with E-state index in [0.717, 1.165) is 53.2 Å². The molecule has 11 heteroatoms. The fraction of sp³-hybridized carbons (Fsp3) is 0.654. The van der Waals surface area contributed by atoms with E-state index in [-0.39, 0.29) is 12.1 Å². The molecule has 0 unspecified atom stereocenters. The minimum absolute atomic E-state index is 0.0868. The van der Waals surface area contributed by atoms with Crippen molar-refractivity contribution in [2.24, 2.45) is 0 Å². The Morgan fingerprint density at radius 2 is 1.89 bits per heavy atom. The molecule has 37 heavy (non-hydrogen) atoms. The molecule has 6 rings (SSSR count). The lowest BCUT2D eigenvalue weighted by molar-refractivity contribution is 0.0202. The van der Waals surface area contributed by atoms with Crippen molar-refractivity contribution in [2.75, 3.05) is 49.5 Å². The van der Waals surface area contributed by atoms with E-state index in [4.69, 9.17) is 31.0 Å². The normalized spacial score (nSPS) is 22.9. The third kappa shape index (κ3) is 5.16. The average Bonchev–Trinajstić information content (AvgIpc) is 3.69. The minimum atomic E-state index is -0.543. The number of likely N-dealkylation sites (tertiary alicyclic amines) is 1. The van der Waals surface area contributed by atoms with Crippen LogP contribution >= 0.6 is 27.5 Å². The van der Waals surface area contributed by atoms with Crippen molar-refractivity contribution in [3.8, 4) is 5.75 Å². The van der Waals surface area contributed by atoms with Crippen molar-refractivity contribution in [3.63, 3.8) is 0 Å². The highest BCUT2D eigenvalue weighted by Crippen LogP contribution is 2.45. The van der Waals surface area contributed by atoms with E-state index in [9.17, 15) is 4.79 Å². The lowest BCUT2D eigenvalue weighted by Crippen LogP contribution is -2.57. The Labute approximate surface area is 230 Å². The van der Waals surface area contributed by atoms with E-state index in [1.54, 1.807) is 4.90 Å². The number of rotatable bonds is 3. The fourth-order valence-corrected chi connectivity index (χ4v) is 6.18. The van der Waals surface area contributed by atoms with Crippen LogP contribution in [0.4, 0.5) is 16.6 Å². The molecular formula is C26H34BrClN6O3. The molecule has 1 aliphatic carbocycles. The lowest BCUT2D eigenvalue weighted by Gasteiger charge is -2.41. The second-order valence-electron chi connectivity index (χ2n) is 11.5. The van der Waals surface area contributed by atoms with Crippen molar-refractivity contribution >= 4 is 56.3 Å².